The summed E-state index contributed by atoms with van der Waals surface area (Å²) in [7, 11) is 0. The molecule has 2 N–H and O–H groups in total. The zero-order valence-corrected chi connectivity index (χ0v) is 15.7. The van der Waals surface area contributed by atoms with Gasteiger partial charge in [0.2, 0.25) is 5.91 Å². The largest absolute Gasteiger partial charge is 0.362 e. The molecular formula is C20H25N3O2S. The maximum absolute atomic E-state index is 13.1. The Kier molecular flexibility index (Phi) is 3.92. The minimum absolute atomic E-state index is 0.0165. The fraction of sp³-hybridized carbons (Fsp3) is 0.600. The van der Waals surface area contributed by atoms with Crippen molar-refractivity contribution in [2.24, 2.45) is 17.8 Å². The molecule has 1 spiro atoms. The van der Waals surface area contributed by atoms with E-state index in [0.29, 0.717) is 17.7 Å². The van der Waals surface area contributed by atoms with E-state index >= 15 is 0 Å². The topological polar surface area (TPSA) is 61.4 Å². The predicted molar refractivity (Wildman–Crippen MR) is 103 cm³/mol. The van der Waals surface area contributed by atoms with Crippen LogP contribution in [0.2, 0.25) is 0 Å². The van der Waals surface area contributed by atoms with Gasteiger partial charge in [-0.05, 0) is 43.7 Å². The molecule has 3 aliphatic carbocycles. The van der Waals surface area contributed by atoms with Crippen molar-refractivity contribution in [3.63, 3.8) is 0 Å². The SMILES string of the molecule is O=C1N[C@]2(C[C@H]3CC[C@@H]2C[C@@H]3C(=O)N2CCSCC2)Nc2ccccc21. The molecule has 0 radical (unpaired) electrons. The van der Waals surface area contributed by atoms with E-state index in [9.17, 15) is 9.59 Å². The number of benzene rings is 1. The van der Waals surface area contributed by atoms with Crippen LogP contribution in [0.1, 0.15) is 36.0 Å². The van der Waals surface area contributed by atoms with E-state index in [1.165, 1.54) is 0 Å². The first-order valence-corrected chi connectivity index (χ1v) is 10.9. The summed E-state index contributed by atoms with van der Waals surface area (Å²) in [5.41, 5.74) is 1.28. The minimum atomic E-state index is -0.372. The number of carbonyl (C=O) groups is 2. The van der Waals surface area contributed by atoms with Gasteiger partial charge in [0.15, 0.2) is 0 Å². The molecule has 138 valence electrons. The molecule has 3 saturated carbocycles. The van der Waals surface area contributed by atoms with Gasteiger partial charge >= 0.3 is 0 Å². The van der Waals surface area contributed by atoms with Crippen LogP contribution in [0.15, 0.2) is 24.3 Å². The zero-order valence-electron chi connectivity index (χ0n) is 14.9. The van der Waals surface area contributed by atoms with E-state index in [-0.39, 0.29) is 17.5 Å². The highest BCUT2D eigenvalue weighted by molar-refractivity contribution is 7.99. The monoisotopic (exact) mass is 371 g/mol. The lowest BCUT2D eigenvalue weighted by Gasteiger charge is -2.56. The van der Waals surface area contributed by atoms with E-state index in [1.54, 1.807) is 0 Å². The second kappa shape index (κ2) is 6.19. The van der Waals surface area contributed by atoms with Gasteiger partial charge in [0.1, 0.15) is 5.66 Å². The Morgan fingerprint density at radius 1 is 1.15 bits per heavy atom. The normalized spacial score (nSPS) is 35.6. The molecule has 0 aromatic heterocycles. The highest BCUT2D eigenvalue weighted by atomic mass is 32.2. The van der Waals surface area contributed by atoms with Crippen molar-refractivity contribution in [1.82, 2.24) is 10.2 Å². The highest BCUT2D eigenvalue weighted by Gasteiger charge is 2.55. The number of carbonyl (C=O) groups excluding carboxylic acids is 2. The Morgan fingerprint density at radius 3 is 2.73 bits per heavy atom. The van der Waals surface area contributed by atoms with Crippen LogP contribution < -0.4 is 10.6 Å². The summed E-state index contributed by atoms with van der Waals surface area (Å²) in [5.74, 6) is 3.31. The van der Waals surface area contributed by atoms with Crippen LogP contribution in [0.3, 0.4) is 0 Å². The molecule has 2 amide bonds. The summed E-state index contributed by atoms with van der Waals surface area (Å²) in [4.78, 5) is 27.8. The number of rotatable bonds is 1. The summed E-state index contributed by atoms with van der Waals surface area (Å²) >= 11 is 1.94. The maximum atomic E-state index is 13.1. The number of nitrogens with zero attached hydrogens (tertiary/aromatic N) is 1. The fourth-order valence-corrected chi connectivity index (χ4v) is 6.37. The average molecular weight is 372 g/mol. The standard InChI is InChI=1S/C20H25N3O2S/c24-18-15-3-1-2-4-17(15)21-20(22-18)12-13-5-6-14(20)11-16(13)19(25)23-7-9-26-10-8-23/h1-4,13-14,16,21H,5-12H2,(H,22,24)/t13-,14-,16+,20+/m1/s1. The molecule has 4 atom stereocenters. The molecule has 6 rings (SSSR count). The molecule has 2 heterocycles. The third-order valence-electron chi connectivity index (χ3n) is 6.78. The van der Waals surface area contributed by atoms with Crippen LogP contribution in [-0.4, -0.2) is 47.0 Å². The van der Waals surface area contributed by atoms with Crippen molar-refractivity contribution in [2.75, 3.05) is 29.9 Å². The molecule has 5 aliphatic rings. The molecule has 6 heteroatoms. The van der Waals surface area contributed by atoms with Crippen LogP contribution in [0.4, 0.5) is 5.69 Å². The molecule has 1 saturated heterocycles. The number of amides is 2. The van der Waals surface area contributed by atoms with Gasteiger partial charge in [-0.3, -0.25) is 9.59 Å². The fourth-order valence-electron chi connectivity index (χ4n) is 5.46. The Labute approximate surface area is 158 Å². The number of hydrogen-bond donors (Lipinski definition) is 2. The Hall–Kier alpha value is -1.69. The molecule has 2 bridgehead atoms. The summed E-state index contributed by atoms with van der Waals surface area (Å²) in [6.45, 7) is 1.79. The first kappa shape index (κ1) is 16.5. The lowest BCUT2D eigenvalue weighted by Crippen LogP contribution is -2.68. The molecule has 1 aromatic rings. The second-order valence-corrected chi connectivity index (χ2v) is 9.34. The molecule has 26 heavy (non-hydrogen) atoms. The first-order valence-electron chi connectivity index (χ1n) is 9.72. The molecule has 2 aliphatic heterocycles. The van der Waals surface area contributed by atoms with Crippen LogP contribution in [0.25, 0.3) is 0 Å². The predicted octanol–water partition coefficient (Wildman–Crippen LogP) is 2.55. The molecular weight excluding hydrogens is 346 g/mol. The number of thioether (sulfide) groups is 1. The number of fused-ring (bicyclic) bond motifs is 3. The van der Waals surface area contributed by atoms with Gasteiger partial charge in [0, 0.05) is 42.1 Å². The summed E-state index contributed by atoms with van der Waals surface area (Å²) in [6.07, 6.45) is 3.93. The molecule has 4 fully saturated rings. The zero-order chi connectivity index (χ0) is 17.7. The lowest BCUT2D eigenvalue weighted by molar-refractivity contribution is -0.142. The van der Waals surface area contributed by atoms with Gasteiger partial charge in [-0.2, -0.15) is 11.8 Å². The van der Waals surface area contributed by atoms with Crippen molar-refractivity contribution < 1.29 is 9.59 Å². The van der Waals surface area contributed by atoms with Crippen LogP contribution in [0.5, 0.6) is 0 Å². The third-order valence-corrected chi connectivity index (χ3v) is 7.72. The summed E-state index contributed by atoms with van der Waals surface area (Å²) < 4.78 is 0. The van der Waals surface area contributed by atoms with Crippen LogP contribution in [0, 0.1) is 17.8 Å². The van der Waals surface area contributed by atoms with E-state index < -0.39 is 0 Å². The van der Waals surface area contributed by atoms with Crippen molar-refractivity contribution >= 4 is 29.3 Å². The second-order valence-electron chi connectivity index (χ2n) is 8.11. The van der Waals surface area contributed by atoms with Crippen molar-refractivity contribution in [1.29, 1.82) is 0 Å². The summed E-state index contributed by atoms with van der Waals surface area (Å²) in [5, 5.41) is 6.93. The van der Waals surface area contributed by atoms with Gasteiger partial charge in [0.25, 0.3) is 5.91 Å². The van der Waals surface area contributed by atoms with Gasteiger partial charge in [0.05, 0.1) is 5.56 Å². The van der Waals surface area contributed by atoms with E-state index in [0.717, 1.165) is 61.5 Å². The smallest absolute Gasteiger partial charge is 0.255 e. The van der Waals surface area contributed by atoms with E-state index in [2.05, 4.69) is 15.5 Å². The van der Waals surface area contributed by atoms with E-state index in [4.69, 9.17) is 0 Å². The number of anilines is 1. The Bertz CT molecular complexity index is 748. The van der Waals surface area contributed by atoms with Gasteiger partial charge in [-0.25, -0.2) is 0 Å². The van der Waals surface area contributed by atoms with E-state index in [1.807, 2.05) is 36.0 Å². The van der Waals surface area contributed by atoms with Crippen LogP contribution in [-0.2, 0) is 4.79 Å². The van der Waals surface area contributed by atoms with Gasteiger partial charge in [-0.15, -0.1) is 0 Å². The van der Waals surface area contributed by atoms with Crippen molar-refractivity contribution in [3.05, 3.63) is 29.8 Å². The highest BCUT2D eigenvalue weighted by Crippen LogP contribution is 2.52. The number of hydrogen-bond acceptors (Lipinski definition) is 4. The number of para-hydroxylation sites is 1. The maximum Gasteiger partial charge on any atom is 0.255 e. The Morgan fingerprint density at radius 2 is 1.96 bits per heavy atom. The molecule has 5 nitrogen and oxygen atoms in total. The first-order chi connectivity index (χ1) is 12.7. The minimum Gasteiger partial charge on any atom is -0.362 e. The molecule has 1 aromatic carbocycles. The quantitative estimate of drug-likeness (QED) is 0.796. The van der Waals surface area contributed by atoms with Crippen LogP contribution >= 0.6 is 11.8 Å². The average Bonchev–Trinajstić information content (AvgIpc) is 2.68. The van der Waals surface area contributed by atoms with Gasteiger partial charge < -0.3 is 15.5 Å². The van der Waals surface area contributed by atoms with Crippen molar-refractivity contribution in [2.45, 2.75) is 31.3 Å². The summed E-state index contributed by atoms with van der Waals surface area (Å²) in [6, 6.07) is 7.73. The molecule has 0 unspecified atom stereocenters. The lowest BCUT2D eigenvalue weighted by atomic mass is 9.58. The van der Waals surface area contributed by atoms with Crippen molar-refractivity contribution in [3.8, 4) is 0 Å². The third kappa shape index (κ3) is 2.53. The number of nitrogens with one attached hydrogen (secondary N) is 2. The van der Waals surface area contributed by atoms with Gasteiger partial charge in [-0.1, -0.05) is 12.1 Å². The Balaban J connectivity index is 1.38.